The highest BCUT2D eigenvalue weighted by Crippen LogP contribution is 2.28. The van der Waals surface area contributed by atoms with E-state index in [1.165, 1.54) is 12.1 Å². The van der Waals surface area contributed by atoms with Gasteiger partial charge in [-0.05, 0) is 55.7 Å². The second kappa shape index (κ2) is 10.6. The van der Waals surface area contributed by atoms with Crippen molar-refractivity contribution in [3.63, 3.8) is 0 Å². The maximum absolute atomic E-state index is 13.3. The second-order valence-corrected chi connectivity index (χ2v) is 9.31. The summed E-state index contributed by atoms with van der Waals surface area (Å²) in [5.74, 6) is -0.297. The molecular formula is C24H25ClN2O4S. The lowest BCUT2D eigenvalue weighted by Crippen LogP contribution is -2.45. The van der Waals surface area contributed by atoms with E-state index in [-0.39, 0.29) is 28.7 Å². The Bertz CT molecular complexity index is 1180. The SMILES string of the molecule is CCOc1ccc(Cl)cc1S(=O)(=O)NC(Cc1ccccc1)C(=O)Nc1ccccc1C. The van der Waals surface area contributed by atoms with Gasteiger partial charge in [-0.1, -0.05) is 60.1 Å². The van der Waals surface area contributed by atoms with Crippen LogP contribution in [0, 0.1) is 6.92 Å². The third-order valence-corrected chi connectivity index (χ3v) is 6.52. The lowest BCUT2D eigenvalue weighted by molar-refractivity contribution is -0.117. The Hall–Kier alpha value is -2.87. The average molecular weight is 473 g/mol. The van der Waals surface area contributed by atoms with Crippen molar-refractivity contribution in [2.75, 3.05) is 11.9 Å². The molecule has 0 heterocycles. The van der Waals surface area contributed by atoms with Crippen LogP contribution in [0.2, 0.25) is 5.02 Å². The van der Waals surface area contributed by atoms with E-state index in [0.717, 1.165) is 11.1 Å². The fraction of sp³-hybridized carbons (Fsp3) is 0.208. The Kier molecular flexibility index (Phi) is 7.90. The molecule has 1 unspecified atom stereocenters. The van der Waals surface area contributed by atoms with Gasteiger partial charge in [0.05, 0.1) is 6.61 Å². The number of carbonyl (C=O) groups is 1. The topological polar surface area (TPSA) is 84.5 Å². The smallest absolute Gasteiger partial charge is 0.245 e. The zero-order valence-electron chi connectivity index (χ0n) is 17.8. The molecule has 2 N–H and O–H groups in total. The molecule has 8 heteroatoms. The highest BCUT2D eigenvalue weighted by molar-refractivity contribution is 7.89. The number of halogens is 1. The van der Waals surface area contributed by atoms with Crippen molar-refractivity contribution < 1.29 is 17.9 Å². The van der Waals surface area contributed by atoms with Gasteiger partial charge in [-0.25, -0.2) is 8.42 Å². The molecule has 6 nitrogen and oxygen atoms in total. The van der Waals surface area contributed by atoms with Crippen LogP contribution in [0.25, 0.3) is 0 Å². The predicted molar refractivity (Wildman–Crippen MR) is 127 cm³/mol. The molecular weight excluding hydrogens is 448 g/mol. The quantitative estimate of drug-likeness (QED) is 0.477. The molecule has 0 saturated heterocycles. The summed E-state index contributed by atoms with van der Waals surface area (Å²) in [6, 6.07) is 19.8. The van der Waals surface area contributed by atoms with Crippen molar-refractivity contribution >= 4 is 33.2 Å². The molecule has 0 spiro atoms. The van der Waals surface area contributed by atoms with Crippen LogP contribution in [0.4, 0.5) is 5.69 Å². The number of nitrogens with one attached hydrogen (secondary N) is 2. The van der Waals surface area contributed by atoms with Gasteiger partial charge in [0.25, 0.3) is 0 Å². The van der Waals surface area contributed by atoms with E-state index < -0.39 is 22.0 Å². The molecule has 32 heavy (non-hydrogen) atoms. The van der Waals surface area contributed by atoms with Crippen molar-refractivity contribution in [3.05, 3.63) is 88.9 Å². The fourth-order valence-electron chi connectivity index (χ4n) is 3.19. The molecule has 168 valence electrons. The summed E-state index contributed by atoms with van der Waals surface area (Å²) in [6.45, 7) is 3.91. The van der Waals surface area contributed by atoms with E-state index in [1.54, 1.807) is 25.1 Å². The Morgan fingerprint density at radius 1 is 1.03 bits per heavy atom. The minimum atomic E-state index is -4.12. The van der Waals surface area contributed by atoms with Gasteiger partial charge in [0.1, 0.15) is 16.7 Å². The summed E-state index contributed by atoms with van der Waals surface area (Å²) in [4.78, 5) is 13.0. The highest BCUT2D eigenvalue weighted by Gasteiger charge is 2.29. The first-order valence-electron chi connectivity index (χ1n) is 10.1. The van der Waals surface area contributed by atoms with Crippen LogP contribution in [0.15, 0.2) is 77.7 Å². The van der Waals surface area contributed by atoms with Crippen molar-refractivity contribution in [2.45, 2.75) is 31.2 Å². The summed E-state index contributed by atoms with van der Waals surface area (Å²) in [5, 5.41) is 3.08. The first kappa shape index (κ1) is 23.8. The summed E-state index contributed by atoms with van der Waals surface area (Å²) >= 11 is 6.05. The lowest BCUT2D eigenvalue weighted by Gasteiger charge is -2.20. The number of rotatable bonds is 9. The van der Waals surface area contributed by atoms with Crippen molar-refractivity contribution in [1.82, 2.24) is 4.72 Å². The summed E-state index contributed by atoms with van der Waals surface area (Å²) in [5.41, 5.74) is 2.31. The first-order chi connectivity index (χ1) is 15.3. The Labute approximate surface area is 193 Å². The molecule has 3 aromatic carbocycles. The maximum Gasteiger partial charge on any atom is 0.245 e. The molecule has 0 fully saturated rings. The molecule has 0 aliphatic carbocycles. The van der Waals surface area contributed by atoms with Gasteiger partial charge in [-0.2, -0.15) is 4.72 Å². The van der Waals surface area contributed by atoms with E-state index in [2.05, 4.69) is 10.0 Å². The van der Waals surface area contributed by atoms with Gasteiger partial charge in [0, 0.05) is 10.7 Å². The van der Waals surface area contributed by atoms with Crippen LogP contribution in [0.3, 0.4) is 0 Å². The molecule has 1 atom stereocenters. The number of aryl methyl sites for hydroxylation is 1. The maximum atomic E-state index is 13.3. The third-order valence-electron chi connectivity index (χ3n) is 4.79. The second-order valence-electron chi connectivity index (χ2n) is 7.19. The Morgan fingerprint density at radius 2 is 1.72 bits per heavy atom. The van der Waals surface area contributed by atoms with Crippen molar-refractivity contribution in [2.24, 2.45) is 0 Å². The zero-order valence-corrected chi connectivity index (χ0v) is 19.4. The van der Waals surface area contributed by atoms with Gasteiger partial charge in [0.2, 0.25) is 15.9 Å². The van der Waals surface area contributed by atoms with Gasteiger partial charge in [0.15, 0.2) is 0 Å². The van der Waals surface area contributed by atoms with E-state index in [1.807, 2.05) is 49.4 Å². The number of amides is 1. The fourth-order valence-corrected chi connectivity index (χ4v) is 4.79. The van der Waals surface area contributed by atoms with Crippen molar-refractivity contribution in [3.8, 4) is 5.75 Å². The van der Waals surface area contributed by atoms with Crippen LogP contribution in [0.5, 0.6) is 5.75 Å². The number of benzene rings is 3. The number of hydrogen-bond acceptors (Lipinski definition) is 4. The summed E-state index contributed by atoms with van der Waals surface area (Å²) in [7, 11) is -4.12. The minimum Gasteiger partial charge on any atom is -0.492 e. The number of ether oxygens (including phenoxy) is 1. The molecule has 0 radical (unpaired) electrons. The summed E-state index contributed by atoms with van der Waals surface area (Å²) in [6.07, 6.45) is 0.169. The van der Waals surface area contributed by atoms with Gasteiger partial charge in [-0.3, -0.25) is 4.79 Å². The summed E-state index contributed by atoms with van der Waals surface area (Å²) < 4.78 is 34.6. The molecule has 0 saturated carbocycles. The lowest BCUT2D eigenvalue weighted by atomic mass is 10.1. The Morgan fingerprint density at radius 3 is 2.41 bits per heavy atom. The Balaban J connectivity index is 1.94. The molecule has 0 aliphatic rings. The first-order valence-corrected chi connectivity index (χ1v) is 12.0. The van der Waals surface area contributed by atoms with Crippen LogP contribution >= 0.6 is 11.6 Å². The number of sulfonamides is 1. The third kappa shape index (κ3) is 6.09. The molecule has 1 amide bonds. The minimum absolute atomic E-state index is 0.117. The standard InChI is InChI=1S/C24H25ClN2O4S/c1-3-31-22-14-13-19(25)16-23(22)32(29,30)27-21(15-18-10-5-4-6-11-18)24(28)26-20-12-8-7-9-17(20)2/h4-14,16,21,27H,3,15H2,1-2H3,(H,26,28). The van der Waals surface area contributed by atoms with E-state index in [4.69, 9.17) is 16.3 Å². The number of hydrogen-bond donors (Lipinski definition) is 2. The normalized spacial score (nSPS) is 12.2. The van der Waals surface area contributed by atoms with E-state index >= 15 is 0 Å². The average Bonchev–Trinajstić information content (AvgIpc) is 2.77. The predicted octanol–water partition coefficient (Wildman–Crippen LogP) is 4.58. The molecule has 0 bridgehead atoms. The van der Waals surface area contributed by atoms with Crippen LogP contribution in [-0.4, -0.2) is 27.0 Å². The molecule has 0 aromatic heterocycles. The molecule has 0 aliphatic heterocycles. The molecule has 3 aromatic rings. The van der Waals surface area contributed by atoms with Gasteiger partial charge < -0.3 is 10.1 Å². The largest absolute Gasteiger partial charge is 0.492 e. The number of carbonyl (C=O) groups excluding carboxylic acids is 1. The molecule has 3 rings (SSSR count). The monoisotopic (exact) mass is 472 g/mol. The number of para-hydroxylation sites is 1. The van der Waals surface area contributed by atoms with Crippen molar-refractivity contribution in [1.29, 1.82) is 0 Å². The van der Waals surface area contributed by atoms with Crippen LogP contribution < -0.4 is 14.8 Å². The van der Waals surface area contributed by atoms with Gasteiger partial charge in [-0.15, -0.1) is 0 Å². The van der Waals surface area contributed by atoms with Crippen LogP contribution in [-0.2, 0) is 21.2 Å². The van der Waals surface area contributed by atoms with E-state index in [0.29, 0.717) is 5.69 Å². The van der Waals surface area contributed by atoms with Crippen LogP contribution in [0.1, 0.15) is 18.1 Å². The highest BCUT2D eigenvalue weighted by atomic mass is 35.5. The van der Waals surface area contributed by atoms with Gasteiger partial charge >= 0.3 is 0 Å². The number of anilines is 1. The zero-order chi connectivity index (χ0) is 23.1. The van der Waals surface area contributed by atoms with E-state index in [9.17, 15) is 13.2 Å².